The van der Waals surface area contributed by atoms with Crippen molar-refractivity contribution in [2.24, 2.45) is 35.3 Å². The first kappa shape index (κ1) is 76.5. The van der Waals surface area contributed by atoms with Crippen LogP contribution in [0.3, 0.4) is 0 Å². The lowest BCUT2D eigenvalue weighted by Crippen LogP contribution is -2.60. The number of aliphatic hydroxyl groups excluding tert-OH is 1. The number of methoxy groups -OCH3 is 2. The van der Waals surface area contributed by atoms with Crippen LogP contribution in [0.1, 0.15) is 151 Å². The Morgan fingerprint density at radius 2 is 1.27 bits per heavy atom. The number of carbonyl (C=O) groups excluding carboxylic acids is 11. The van der Waals surface area contributed by atoms with Crippen molar-refractivity contribution in [3.8, 4) is 0 Å². The number of urea groups is 1. The number of anilines is 1. The average Bonchev–Trinajstić information content (AvgIpc) is 1.62. The Labute approximate surface area is 541 Å². The van der Waals surface area contributed by atoms with Crippen LogP contribution in [-0.4, -0.2) is 169 Å². The van der Waals surface area contributed by atoms with Gasteiger partial charge in [-0.3, -0.25) is 48.1 Å². The van der Waals surface area contributed by atoms with E-state index in [1.807, 2.05) is 32.0 Å². The normalized spacial score (nSPS) is 17.5. The number of hydrogen-bond acceptors (Lipinski definition) is 15. The van der Waals surface area contributed by atoms with E-state index in [0.717, 1.165) is 4.90 Å². The number of unbranched alkanes of at least 4 members (excludes halogenated alkanes) is 2. The quantitative estimate of drug-likeness (QED) is 0.0329. The molecule has 0 aromatic heterocycles. The van der Waals surface area contributed by atoms with Crippen molar-refractivity contribution in [2.45, 2.75) is 201 Å². The molecule has 2 unspecified atom stereocenters. The van der Waals surface area contributed by atoms with Crippen LogP contribution in [0.4, 0.5) is 15.3 Å². The highest BCUT2D eigenvalue weighted by atomic mass is 16.5. The summed E-state index contributed by atoms with van der Waals surface area (Å²) in [6.07, 6.45) is 2.80. The van der Waals surface area contributed by atoms with E-state index in [4.69, 9.17) is 19.9 Å². The number of hydrogen-bond donors (Lipinski definition) is 10. The van der Waals surface area contributed by atoms with E-state index in [9.17, 15) is 57.8 Å². The van der Waals surface area contributed by atoms with Gasteiger partial charge in [0.15, 0.2) is 0 Å². The Kier molecular flexibility index (Phi) is 31.7. The van der Waals surface area contributed by atoms with Crippen LogP contribution in [-0.2, 0) is 64.0 Å². The molecule has 2 aromatic carbocycles. The second kappa shape index (κ2) is 38.1. The number of nitrogens with one attached hydrogen (secondary N) is 8. The summed E-state index contributed by atoms with van der Waals surface area (Å²) in [5.41, 5.74) is 6.74. The lowest BCUT2D eigenvalue weighted by Gasteiger charge is -2.37. The smallest absolute Gasteiger partial charge is 0.408 e. The van der Waals surface area contributed by atoms with Gasteiger partial charge in [-0.15, -0.1) is 0 Å². The van der Waals surface area contributed by atoms with Crippen molar-refractivity contribution in [2.75, 3.05) is 39.2 Å². The minimum Gasteiger partial charge on any atom is -0.445 e. The first-order valence-electron chi connectivity index (χ1n) is 32.1. The molecule has 92 heavy (non-hydrogen) atoms. The molecule has 1 fully saturated rings. The summed E-state index contributed by atoms with van der Waals surface area (Å²) in [5, 5.41) is 33.1. The summed E-state index contributed by atoms with van der Waals surface area (Å²) in [7, 11) is 2.98. The Bertz CT molecular complexity index is 2800. The van der Waals surface area contributed by atoms with E-state index in [1.54, 1.807) is 96.7 Å². The summed E-state index contributed by atoms with van der Waals surface area (Å²) in [6.45, 7) is 18.4. The Balaban J connectivity index is 1.33. The van der Waals surface area contributed by atoms with Crippen LogP contribution in [0.2, 0.25) is 0 Å². The standard InChI is InChI=1S/C66H101N11O15/c1-13-41(8)57(49(90-11)36-53(81)76-35-21-25-48(76)59(91-12)42(9)60(83)69-43(10)58(82)45-22-16-14-17-23-45)74-63(86)55(39(4)5)73-64(87)56(40(6)7)75-66(89)92-37-44-27-29-46(30-28-44)70-61(84)47(24-20-33-68-65(67)88)71-62(85)54(38(2)3)72-50(78)26-18-15-19-34-77-51(79)31-32-52(77)80/h14,16-17,22-23,27-32,38-43,47-49,54-59,82H,13,15,18-21,24-26,33-37H2,1-12H3,(H,69,83)(H,70,84)(H,71,85)(H,72,78)(H,73,87)(H,74,86)(H,75,89)(H3,67,68,88)/t41-,42+,43+,47?,48-,49+,54-,55?,56-,57-,58+,59+/m0/s1. The molecule has 0 spiro atoms. The van der Waals surface area contributed by atoms with Crippen molar-refractivity contribution in [3.05, 3.63) is 77.9 Å². The molecule has 26 heteroatoms. The van der Waals surface area contributed by atoms with E-state index < -0.39 is 120 Å². The minimum absolute atomic E-state index is 0.0834. The zero-order chi connectivity index (χ0) is 68.4. The molecule has 0 aliphatic carbocycles. The molecule has 510 valence electrons. The van der Waals surface area contributed by atoms with Gasteiger partial charge in [0.05, 0.1) is 48.8 Å². The highest BCUT2D eigenvalue weighted by molar-refractivity contribution is 6.12. The zero-order valence-corrected chi connectivity index (χ0v) is 55.5. The largest absolute Gasteiger partial charge is 0.445 e. The minimum atomic E-state index is -1.14. The molecule has 2 aliphatic heterocycles. The zero-order valence-electron chi connectivity index (χ0n) is 55.5. The molecule has 0 bridgehead atoms. The summed E-state index contributed by atoms with van der Waals surface area (Å²) in [6, 6.07) is 8.55. The highest BCUT2D eigenvalue weighted by Gasteiger charge is 2.43. The third-order valence-electron chi connectivity index (χ3n) is 16.9. The predicted molar refractivity (Wildman–Crippen MR) is 344 cm³/mol. The number of alkyl carbamates (subject to hydrolysis) is 1. The topological polar surface area (TPSA) is 364 Å². The maximum absolute atomic E-state index is 14.4. The Morgan fingerprint density at radius 3 is 1.86 bits per heavy atom. The van der Waals surface area contributed by atoms with Gasteiger partial charge in [0.1, 0.15) is 30.8 Å². The van der Waals surface area contributed by atoms with Gasteiger partial charge < -0.3 is 72.5 Å². The number of ether oxygens (including phenoxy) is 3. The third-order valence-corrected chi connectivity index (χ3v) is 16.9. The molecule has 26 nitrogen and oxygen atoms in total. The first-order chi connectivity index (χ1) is 43.6. The molecule has 4 rings (SSSR count). The predicted octanol–water partition coefficient (Wildman–Crippen LogP) is 4.39. The van der Waals surface area contributed by atoms with Gasteiger partial charge in [0.25, 0.3) is 11.8 Å². The van der Waals surface area contributed by atoms with Gasteiger partial charge in [-0.1, -0.05) is 118 Å². The number of nitrogens with two attached hydrogens (primary N) is 1. The van der Waals surface area contributed by atoms with Crippen molar-refractivity contribution in [3.63, 3.8) is 0 Å². The van der Waals surface area contributed by atoms with Gasteiger partial charge in [-0.05, 0) is 92.4 Å². The second-order valence-corrected chi connectivity index (χ2v) is 25.0. The number of aliphatic hydroxyl groups is 1. The molecular weight excluding hydrogens is 1190 g/mol. The SMILES string of the molecule is CC[C@H](C)[C@H](NC(=O)C(NC(=O)[C@@H](NC(=O)OCc1ccc(NC(=O)C(CCCNC(N)=O)NC(=O)[C@@H](NC(=O)CCCCCN2C(=O)C=CC2=O)C(C)C)cc1)C(C)C)C(C)C)[C@@H](CC(=O)N1CCC[C@H]1[C@H](OC)[C@@H](C)C(=O)N[C@H](C)[C@@H](O)c1ccccc1)OC. The van der Waals surface area contributed by atoms with Crippen LogP contribution in [0, 0.1) is 29.6 Å². The summed E-state index contributed by atoms with van der Waals surface area (Å²) in [4.78, 5) is 148. The van der Waals surface area contributed by atoms with E-state index in [1.165, 1.54) is 26.4 Å². The lowest BCUT2D eigenvalue weighted by atomic mass is 9.90. The molecule has 1 saturated heterocycles. The van der Waals surface area contributed by atoms with Gasteiger partial charge in [0.2, 0.25) is 41.4 Å². The van der Waals surface area contributed by atoms with E-state index in [-0.39, 0.29) is 80.8 Å². The van der Waals surface area contributed by atoms with Gasteiger partial charge in [0, 0.05) is 58.1 Å². The Morgan fingerprint density at radius 1 is 0.674 bits per heavy atom. The van der Waals surface area contributed by atoms with Crippen LogP contribution in [0.25, 0.3) is 0 Å². The van der Waals surface area contributed by atoms with Gasteiger partial charge in [-0.25, -0.2) is 9.59 Å². The third kappa shape index (κ3) is 23.6. The number of carbonyl (C=O) groups is 11. The number of amides is 12. The van der Waals surface area contributed by atoms with Crippen LogP contribution >= 0.6 is 0 Å². The maximum Gasteiger partial charge on any atom is 0.408 e. The number of imide groups is 1. The number of rotatable bonds is 38. The lowest BCUT2D eigenvalue weighted by molar-refractivity contribution is -0.143. The van der Waals surface area contributed by atoms with Gasteiger partial charge in [-0.2, -0.15) is 0 Å². The number of likely N-dealkylation sites (tertiary alicyclic amines) is 1. The number of primary amides is 1. The van der Waals surface area contributed by atoms with Crippen molar-refractivity contribution in [1.29, 1.82) is 0 Å². The molecule has 11 N–H and O–H groups in total. The molecule has 2 aromatic rings. The monoisotopic (exact) mass is 1290 g/mol. The summed E-state index contributed by atoms with van der Waals surface area (Å²) < 4.78 is 17.4. The van der Waals surface area contributed by atoms with Crippen molar-refractivity contribution in [1.82, 2.24) is 47.0 Å². The molecule has 0 radical (unpaired) electrons. The average molecular weight is 1290 g/mol. The first-order valence-corrected chi connectivity index (χ1v) is 32.1. The van der Waals surface area contributed by atoms with Crippen molar-refractivity contribution < 1.29 is 72.1 Å². The fourth-order valence-corrected chi connectivity index (χ4v) is 11.2. The van der Waals surface area contributed by atoms with E-state index in [0.29, 0.717) is 61.9 Å². The molecule has 2 heterocycles. The molecule has 12 atom stereocenters. The maximum atomic E-state index is 14.4. The van der Waals surface area contributed by atoms with Gasteiger partial charge >= 0.3 is 12.1 Å². The highest BCUT2D eigenvalue weighted by Crippen LogP contribution is 2.29. The van der Waals surface area contributed by atoms with Crippen LogP contribution in [0.15, 0.2) is 66.7 Å². The van der Waals surface area contributed by atoms with Crippen LogP contribution in [0.5, 0.6) is 0 Å². The molecule has 12 amide bonds. The summed E-state index contributed by atoms with van der Waals surface area (Å²) >= 11 is 0. The molecule has 0 saturated carbocycles. The molecule has 2 aliphatic rings. The fourth-order valence-electron chi connectivity index (χ4n) is 11.2. The van der Waals surface area contributed by atoms with Crippen molar-refractivity contribution >= 4 is 71.0 Å². The van der Waals surface area contributed by atoms with E-state index >= 15 is 0 Å². The second-order valence-electron chi connectivity index (χ2n) is 25.0. The molecular formula is C66H101N11O15. The fraction of sp³-hybridized carbons (Fsp3) is 0.621. The summed E-state index contributed by atoms with van der Waals surface area (Å²) in [5.74, 6) is -6.21. The van der Waals surface area contributed by atoms with E-state index in [2.05, 4.69) is 42.5 Å². The number of nitrogens with zero attached hydrogens (tertiary/aromatic N) is 2. The Hall–Kier alpha value is -7.97. The number of benzene rings is 2. The van der Waals surface area contributed by atoms with Crippen LogP contribution < -0.4 is 48.3 Å².